The molecule has 4 aromatic rings. The van der Waals surface area contributed by atoms with E-state index in [4.69, 9.17) is 21.4 Å². The van der Waals surface area contributed by atoms with Crippen LogP contribution in [0.25, 0.3) is 22.7 Å². The molecule has 4 rings (SSSR count). The molecule has 8 heteroatoms. The number of nitrogens with zero attached hydrogens (tertiary/aromatic N) is 2. The Balaban J connectivity index is 1.56. The number of benzene rings is 2. The normalized spacial score (nSPS) is 10.9. The Hall–Kier alpha value is -2.84. The standard InChI is InChI=1S/C21H19BrN4O2S/c1-13-11-14(7-9-17(13)22)18-10-8-15(28-18)12-23-26-20(24-25-21(26)29)16-5-3-4-6-19(16)27-2/h3-11,23H,12H2,1-2H3,(H,25,29). The smallest absolute Gasteiger partial charge is 0.214 e. The van der Waals surface area contributed by atoms with Gasteiger partial charge in [-0.2, -0.15) is 5.10 Å². The molecule has 0 bridgehead atoms. The van der Waals surface area contributed by atoms with Crippen LogP contribution in [0.4, 0.5) is 0 Å². The molecule has 0 spiro atoms. The fraction of sp³-hybridized carbons (Fsp3) is 0.143. The summed E-state index contributed by atoms with van der Waals surface area (Å²) >= 11 is 8.91. The molecule has 0 saturated heterocycles. The lowest BCUT2D eigenvalue weighted by molar-refractivity contribution is 0.416. The molecule has 0 amide bonds. The van der Waals surface area contributed by atoms with E-state index in [9.17, 15) is 0 Å². The zero-order valence-electron chi connectivity index (χ0n) is 15.9. The Morgan fingerprint density at radius 2 is 2.03 bits per heavy atom. The van der Waals surface area contributed by atoms with E-state index in [0.29, 0.717) is 17.1 Å². The highest BCUT2D eigenvalue weighted by molar-refractivity contribution is 9.10. The number of para-hydroxylation sites is 1. The van der Waals surface area contributed by atoms with Crippen LogP contribution in [-0.2, 0) is 6.54 Å². The molecule has 0 saturated carbocycles. The topological polar surface area (TPSA) is 68.0 Å². The van der Waals surface area contributed by atoms with Gasteiger partial charge in [-0.3, -0.25) is 0 Å². The zero-order chi connectivity index (χ0) is 20.4. The molecule has 0 unspecified atom stereocenters. The van der Waals surface area contributed by atoms with Crippen molar-refractivity contribution < 1.29 is 9.15 Å². The van der Waals surface area contributed by atoms with Crippen molar-refractivity contribution >= 4 is 28.1 Å². The van der Waals surface area contributed by atoms with Gasteiger partial charge in [0.15, 0.2) is 5.82 Å². The Labute approximate surface area is 181 Å². The summed E-state index contributed by atoms with van der Waals surface area (Å²) in [6.45, 7) is 2.50. The molecule has 148 valence electrons. The van der Waals surface area contributed by atoms with Crippen molar-refractivity contribution in [2.24, 2.45) is 0 Å². The summed E-state index contributed by atoms with van der Waals surface area (Å²) in [5, 5.41) is 7.17. The highest BCUT2D eigenvalue weighted by atomic mass is 79.9. The SMILES string of the molecule is COc1ccccc1-c1n[nH]c(=S)n1NCc1ccc(-c2ccc(Br)c(C)c2)o1. The van der Waals surface area contributed by atoms with Crippen molar-refractivity contribution in [1.82, 2.24) is 14.9 Å². The summed E-state index contributed by atoms with van der Waals surface area (Å²) < 4.78 is 14.7. The number of furan rings is 1. The van der Waals surface area contributed by atoms with Crippen molar-refractivity contribution in [3.05, 3.63) is 75.2 Å². The van der Waals surface area contributed by atoms with Crippen LogP contribution in [0, 0.1) is 11.7 Å². The highest BCUT2D eigenvalue weighted by Gasteiger charge is 2.14. The van der Waals surface area contributed by atoms with Crippen molar-refractivity contribution in [3.8, 4) is 28.5 Å². The average Bonchev–Trinajstić information content (AvgIpc) is 3.35. The first-order valence-corrected chi connectivity index (χ1v) is 10.2. The largest absolute Gasteiger partial charge is 0.496 e. The van der Waals surface area contributed by atoms with Crippen LogP contribution in [0.5, 0.6) is 5.75 Å². The van der Waals surface area contributed by atoms with Crippen molar-refractivity contribution in [2.75, 3.05) is 12.5 Å². The molecule has 0 aliphatic heterocycles. The number of ether oxygens (including phenoxy) is 1. The summed E-state index contributed by atoms with van der Waals surface area (Å²) in [5.74, 6) is 2.96. The maximum Gasteiger partial charge on any atom is 0.214 e. The van der Waals surface area contributed by atoms with Crippen LogP contribution >= 0.6 is 28.1 Å². The van der Waals surface area contributed by atoms with E-state index in [1.54, 1.807) is 11.8 Å². The number of rotatable bonds is 6. The lowest BCUT2D eigenvalue weighted by Gasteiger charge is -2.11. The van der Waals surface area contributed by atoms with Gasteiger partial charge in [0.1, 0.15) is 17.3 Å². The number of hydrogen-bond donors (Lipinski definition) is 2. The Kier molecular flexibility index (Phi) is 5.55. The minimum Gasteiger partial charge on any atom is -0.496 e. The highest BCUT2D eigenvalue weighted by Crippen LogP contribution is 2.29. The van der Waals surface area contributed by atoms with Crippen LogP contribution in [0.3, 0.4) is 0 Å². The van der Waals surface area contributed by atoms with Crippen molar-refractivity contribution in [2.45, 2.75) is 13.5 Å². The van der Waals surface area contributed by atoms with Crippen LogP contribution in [-0.4, -0.2) is 22.0 Å². The minimum atomic E-state index is 0.450. The summed E-state index contributed by atoms with van der Waals surface area (Å²) in [4.78, 5) is 0. The van der Waals surface area contributed by atoms with Crippen LogP contribution in [0.2, 0.25) is 0 Å². The predicted molar refractivity (Wildman–Crippen MR) is 119 cm³/mol. The third kappa shape index (κ3) is 3.99. The maximum atomic E-state index is 6.01. The molecule has 2 N–H and O–H groups in total. The predicted octanol–water partition coefficient (Wildman–Crippen LogP) is 5.69. The third-order valence-corrected chi connectivity index (χ3v) is 5.70. The number of aromatic nitrogens is 3. The average molecular weight is 471 g/mol. The molecule has 0 fully saturated rings. The first-order chi connectivity index (χ1) is 14.1. The van der Waals surface area contributed by atoms with Crippen molar-refractivity contribution in [3.63, 3.8) is 0 Å². The van der Waals surface area contributed by atoms with Gasteiger partial charge in [0.25, 0.3) is 0 Å². The first-order valence-electron chi connectivity index (χ1n) is 8.96. The summed E-state index contributed by atoms with van der Waals surface area (Å²) in [5.41, 5.74) is 6.30. The number of halogens is 1. The molecule has 29 heavy (non-hydrogen) atoms. The maximum absolute atomic E-state index is 6.01. The van der Waals surface area contributed by atoms with Crippen LogP contribution < -0.4 is 10.2 Å². The van der Waals surface area contributed by atoms with Gasteiger partial charge < -0.3 is 14.6 Å². The number of aromatic amines is 1. The Morgan fingerprint density at radius 3 is 2.83 bits per heavy atom. The van der Waals surface area contributed by atoms with Gasteiger partial charge in [0.2, 0.25) is 4.77 Å². The van der Waals surface area contributed by atoms with Gasteiger partial charge in [-0.15, -0.1) is 0 Å². The fourth-order valence-corrected chi connectivity index (χ4v) is 3.48. The Bertz CT molecular complexity index is 1210. The van der Waals surface area contributed by atoms with E-state index in [1.165, 1.54) is 0 Å². The second-order valence-corrected chi connectivity index (χ2v) is 7.69. The zero-order valence-corrected chi connectivity index (χ0v) is 18.3. The molecule has 6 nitrogen and oxygen atoms in total. The van der Waals surface area contributed by atoms with Gasteiger partial charge in [0.05, 0.1) is 19.2 Å². The fourth-order valence-electron chi connectivity index (χ4n) is 3.04. The van der Waals surface area contributed by atoms with Gasteiger partial charge >= 0.3 is 0 Å². The molecule has 2 heterocycles. The molecule has 2 aromatic heterocycles. The van der Waals surface area contributed by atoms with Crippen molar-refractivity contribution in [1.29, 1.82) is 0 Å². The van der Waals surface area contributed by atoms with Gasteiger partial charge in [-0.05, 0) is 61.1 Å². The number of methoxy groups -OCH3 is 1. The molecule has 0 aliphatic carbocycles. The lowest BCUT2D eigenvalue weighted by atomic mass is 10.1. The van der Waals surface area contributed by atoms with E-state index in [2.05, 4.69) is 44.5 Å². The molecule has 2 aromatic carbocycles. The summed E-state index contributed by atoms with van der Waals surface area (Å²) in [6.07, 6.45) is 0. The van der Waals surface area contributed by atoms with Crippen LogP contribution in [0.1, 0.15) is 11.3 Å². The second-order valence-electron chi connectivity index (χ2n) is 6.45. The monoisotopic (exact) mass is 470 g/mol. The van der Waals surface area contributed by atoms with Crippen LogP contribution in [0.15, 0.2) is 63.5 Å². The summed E-state index contributed by atoms with van der Waals surface area (Å²) in [6, 6.07) is 17.7. The van der Waals surface area contributed by atoms with Gasteiger partial charge in [0, 0.05) is 10.0 Å². The second kappa shape index (κ2) is 8.26. The van der Waals surface area contributed by atoms with E-state index in [1.807, 2.05) is 48.5 Å². The first kappa shape index (κ1) is 19.5. The molecule has 0 aliphatic rings. The molecular formula is C21H19BrN4O2S. The number of hydrogen-bond acceptors (Lipinski definition) is 5. The lowest BCUT2D eigenvalue weighted by Crippen LogP contribution is -2.15. The van der Waals surface area contributed by atoms with E-state index in [-0.39, 0.29) is 0 Å². The third-order valence-electron chi connectivity index (χ3n) is 4.54. The van der Waals surface area contributed by atoms with E-state index < -0.39 is 0 Å². The van der Waals surface area contributed by atoms with Gasteiger partial charge in [-0.25, -0.2) is 9.77 Å². The number of H-pyrrole nitrogens is 1. The molecule has 0 atom stereocenters. The molecule has 0 radical (unpaired) electrons. The Morgan fingerprint density at radius 1 is 1.21 bits per heavy atom. The number of aryl methyl sites for hydroxylation is 1. The quantitative estimate of drug-likeness (QED) is 0.354. The van der Waals surface area contributed by atoms with E-state index >= 15 is 0 Å². The minimum absolute atomic E-state index is 0.450. The van der Waals surface area contributed by atoms with Gasteiger partial charge in [-0.1, -0.05) is 34.1 Å². The summed E-state index contributed by atoms with van der Waals surface area (Å²) in [7, 11) is 1.63. The number of nitrogens with one attached hydrogen (secondary N) is 2. The van der Waals surface area contributed by atoms with E-state index in [0.717, 1.165) is 38.4 Å². The molecular weight excluding hydrogens is 452 g/mol.